The maximum absolute atomic E-state index is 4.61. The SMILES string of the molecule is CN(C)C(=S)S.CN1CCCCC1. The molecule has 0 atom stereocenters. The number of nitrogens with zero attached hydrogens (tertiary/aromatic N) is 2. The Bertz CT molecular complexity index is 143. The third kappa shape index (κ3) is 8.53. The van der Waals surface area contributed by atoms with E-state index in [1.54, 1.807) is 4.90 Å². The summed E-state index contributed by atoms with van der Waals surface area (Å²) in [5, 5.41) is 0. The molecule has 0 aromatic rings. The topological polar surface area (TPSA) is 6.48 Å². The van der Waals surface area contributed by atoms with Gasteiger partial charge in [0.25, 0.3) is 0 Å². The molecule has 1 aliphatic rings. The Morgan fingerprint density at radius 2 is 1.62 bits per heavy atom. The second-order valence-corrected chi connectivity index (χ2v) is 4.65. The Hall–Kier alpha value is 0.200. The summed E-state index contributed by atoms with van der Waals surface area (Å²) in [6, 6.07) is 0. The lowest BCUT2D eigenvalue weighted by Crippen LogP contribution is -2.24. The summed E-state index contributed by atoms with van der Waals surface area (Å²) in [5.41, 5.74) is 0. The van der Waals surface area contributed by atoms with Crippen molar-refractivity contribution in [2.24, 2.45) is 0 Å². The molecule has 4 heteroatoms. The van der Waals surface area contributed by atoms with Crippen molar-refractivity contribution >= 4 is 29.2 Å². The van der Waals surface area contributed by atoms with Crippen molar-refractivity contribution in [3.8, 4) is 0 Å². The van der Waals surface area contributed by atoms with Gasteiger partial charge in [0.15, 0.2) is 0 Å². The van der Waals surface area contributed by atoms with Crippen LogP contribution in [0.4, 0.5) is 0 Å². The van der Waals surface area contributed by atoms with Gasteiger partial charge in [0.1, 0.15) is 4.32 Å². The lowest BCUT2D eigenvalue weighted by Gasteiger charge is -2.20. The van der Waals surface area contributed by atoms with Gasteiger partial charge in [0.2, 0.25) is 0 Å². The first-order valence-corrected chi connectivity index (χ1v) is 5.48. The number of thiol groups is 1. The van der Waals surface area contributed by atoms with E-state index in [1.807, 2.05) is 14.1 Å². The lowest BCUT2D eigenvalue weighted by molar-refractivity contribution is 0.277. The van der Waals surface area contributed by atoms with Gasteiger partial charge in [-0.1, -0.05) is 18.6 Å². The van der Waals surface area contributed by atoms with Crippen LogP contribution in [0.1, 0.15) is 19.3 Å². The molecule has 0 bridgehead atoms. The Labute approximate surface area is 92.7 Å². The number of thiocarbonyl (C=S) groups is 1. The minimum absolute atomic E-state index is 0.620. The van der Waals surface area contributed by atoms with E-state index in [9.17, 15) is 0 Å². The quantitative estimate of drug-likeness (QED) is 0.492. The highest BCUT2D eigenvalue weighted by Crippen LogP contribution is 2.04. The molecule has 13 heavy (non-hydrogen) atoms. The van der Waals surface area contributed by atoms with Gasteiger partial charge in [-0.05, 0) is 33.0 Å². The van der Waals surface area contributed by atoms with Gasteiger partial charge in [-0.3, -0.25) is 0 Å². The molecule has 0 spiro atoms. The third-order valence-electron chi connectivity index (χ3n) is 1.96. The molecular weight excluding hydrogens is 200 g/mol. The maximum atomic E-state index is 4.61. The highest BCUT2D eigenvalue weighted by molar-refractivity contribution is 8.10. The monoisotopic (exact) mass is 220 g/mol. The van der Waals surface area contributed by atoms with Gasteiger partial charge in [-0.15, -0.1) is 12.6 Å². The van der Waals surface area contributed by atoms with E-state index in [2.05, 4.69) is 36.8 Å². The van der Waals surface area contributed by atoms with Crippen LogP contribution >= 0.6 is 24.8 Å². The molecule has 0 amide bonds. The molecule has 0 radical (unpaired) electrons. The van der Waals surface area contributed by atoms with Crippen molar-refractivity contribution in [3.63, 3.8) is 0 Å². The zero-order chi connectivity index (χ0) is 10.3. The molecule has 0 unspecified atom stereocenters. The first kappa shape index (κ1) is 13.2. The van der Waals surface area contributed by atoms with E-state index in [-0.39, 0.29) is 0 Å². The predicted molar refractivity (Wildman–Crippen MR) is 66.6 cm³/mol. The normalized spacial score (nSPS) is 17.2. The molecule has 0 aliphatic carbocycles. The van der Waals surface area contributed by atoms with E-state index in [0.29, 0.717) is 4.32 Å². The number of likely N-dealkylation sites (tertiary alicyclic amines) is 1. The number of hydrogen-bond donors (Lipinski definition) is 1. The first-order valence-electron chi connectivity index (χ1n) is 4.63. The first-order chi connectivity index (χ1) is 6.04. The molecule has 0 saturated carbocycles. The van der Waals surface area contributed by atoms with Crippen molar-refractivity contribution < 1.29 is 0 Å². The third-order valence-corrected chi connectivity index (χ3v) is 2.73. The Morgan fingerprint density at radius 1 is 1.23 bits per heavy atom. The molecule has 0 N–H and O–H groups in total. The van der Waals surface area contributed by atoms with Crippen molar-refractivity contribution in [2.75, 3.05) is 34.2 Å². The van der Waals surface area contributed by atoms with Crippen LogP contribution in [-0.2, 0) is 0 Å². The van der Waals surface area contributed by atoms with Crippen LogP contribution in [0, 0.1) is 0 Å². The molecule has 1 rings (SSSR count). The number of piperidine rings is 1. The summed E-state index contributed by atoms with van der Waals surface area (Å²) in [7, 11) is 5.91. The number of hydrogen-bond acceptors (Lipinski definition) is 2. The molecule has 1 aliphatic heterocycles. The molecule has 1 heterocycles. The highest BCUT2D eigenvalue weighted by Gasteiger charge is 2.02. The van der Waals surface area contributed by atoms with Crippen molar-refractivity contribution in [1.29, 1.82) is 0 Å². The standard InChI is InChI=1S/C6H13N.C3H7NS2/c1-7-5-3-2-4-6-7;1-4(2)3(5)6/h2-6H2,1H3;1-2H3,(H,5,6). The second-order valence-electron chi connectivity index (χ2n) is 3.54. The smallest absolute Gasteiger partial charge is 0.132 e. The van der Waals surface area contributed by atoms with Gasteiger partial charge in [0, 0.05) is 14.1 Å². The molecule has 1 saturated heterocycles. The van der Waals surface area contributed by atoms with E-state index in [0.717, 1.165) is 0 Å². The Kier molecular flexibility index (Phi) is 7.71. The molecule has 2 nitrogen and oxygen atoms in total. The molecule has 1 fully saturated rings. The van der Waals surface area contributed by atoms with E-state index in [4.69, 9.17) is 0 Å². The fraction of sp³-hybridized carbons (Fsp3) is 0.889. The van der Waals surface area contributed by atoms with Crippen LogP contribution in [0.15, 0.2) is 0 Å². The van der Waals surface area contributed by atoms with Gasteiger partial charge in [-0.25, -0.2) is 0 Å². The van der Waals surface area contributed by atoms with Gasteiger partial charge >= 0.3 is 0 Å². The fourth-order valence-electron chi connectivity index (χ4n) is 1.05. The summed E-state index contributed by atoms with van der Waals surface area (Å²) in [6.45, 7) is 2.64. The predicted octanol–water partition coefficient (Wildman–Crippen LogP) is 1.86. The maximum Gasteiger partial charge on any atom is 0.132 e. The molecular formula is C9H20N2S2. The Morgan fingerprint density at radius 3 is 1.77 bits per heavy atom. The van der Waals surface area contributed by atoms with E-state index in [1.165, 1.54) is 32.4 Å². The molecule has 0 aromatic heterocycles. The molecule has 0 aromatic carbocycles. The van der Waals surface area contributed by atoms with Crippen LogP contribution in [0.3, 0.4) is 0 Å². The summed E-state index contributed by atoms with van der Waals surface area (Å²) >= 11 is 8.46. The summed E-state index contributed by atoms with van der Waals surface area (Å²) in [6.07, 6.45) is 4.28. The summed E-state index contributed by atoms with van der Waals surface area (Å²) in [5.74, 6) is 0. The highest BCUT2D eigenvalue weighted by atomic mass is 32.1. The van der Waals surface area contributed by atoms with E-state index >= 15 is 0 Å². The van der Waals surface area contributed by atoms with Crippen molar-refractivity contribution in [1.82, 2.24) is 9.80 Å². The van der Waals surface area contributed by atoms with Crippen LogP contribution in [0.5, 0.6) is 0 Å². The zero-order valence-corrected chi connectivity index (χ0v) is 10.5. The number of rotatable bonds is 0. The Balaban J connectivity index is 0.000000226. The van der Waals surface area contributed by atoms with Crippen molar-refractivity contribution in [2.45, 2.75) is 19.3 Å². The van der Waals surface area contributed by atoms with Crippen LogP contribution in [0.2, 0.25) is 0 Å². The van der Waals surface area contributed by atoms with Crippen LogP contribution < -0.4 is 0 Å². The average Bonchev–Trinajstić information content (AvgIpc) is 2.06. The van der Waals surface area contributed by atoms with Gasteiger partial charge < -0.3 is 9.80 Å². The van der Waals surface area contributed by atoms with Crippen LogP contribution in [-0.4, -0.2) is 48.4 Å². The van der Waals surface area contributed by atoms with Crippen molar-refractivity contribution in [3.05, 3.63) is 0 Å². The summed E-state index contributed by atoms with van der Waals surface area (Å²) < 4.78 is 0.620. The second kappa shape index (κ2) is 7.59. The van der Waals surface area contributed by atoms with E-state index < -0.39 is 0 Å². The minimum atomic E-state index is 0.620. The largest absolute Gasteiger partial charge is 0.364 e. The average molecular weight is 220 g/mol. The minimum Gasteiger partial charge on any atom is -0.364 e. The van der Waals surface area contributed by atoms with Gasteiger partial charge in [-0.2, -0.15) is 0 Å². The molecule has 78 valence electrons. The lowest BCUT2D eigenvalue weighted by atomic mass is 10.1. The zero-order valence-electron chi connectivity index (χ0n) is 8.79. The fourth-order valence-corrected chi connectivity index (χ4v) is 1.05. The van der Waals surface area contributed by atoms with Crippen LogP contribution in [0.25, 0.3) is 0 Å². The van der Waals surface area contributed by atoms with Gasteiger partial charge in [0.05, 0.1) is 0 Å². The summed E-state index contributed by atoms with van der Waals surface area (Å²) in [4.78, 5) is 4.15.